The number of sulfonamides is 1. The molecule has 2 rings (SSSR count). The number of amides is 2. The van der Waals surface area contributed by atoms with Crippen molar-refractivity contribution >= 4 is 27.5 Å². The second-order valence-corrected chi connectivity index (χ2v) is 11.8. The van der Waals surface area contributed by atoms with Crippen molar-refractivity contribution in [1.29, 1.82) is 0 Å². The zero-order valence-electron chi connectivity index (χ0n) is 23.1. The molecule has 37 heavy (non-hydrogen) atoms. The maximum Gasteiger partial charge on any atom is 0.242 e. The van der Waals surface area contributed by atoms with E-state index in [0.29, 0.717) is 24.4 Å². The van der Waals surface area contributed by atoms with E-state index >= 15 is 0 Å². The number of rotatable bonds is 13. The first kappa shape index (κ1) is 30.2. The first-order valence-electron chi connectivity index (χ1n) is 12.6. The van der Waals surface area contributed by atoms with Crippen LogP contribution in [0.1, 0.15) is 50.3 Å². The SMILES string of the molecule is COc1cccc(CN(C(=O)CCCN(c2cc(C)ccc2C)S(C)(=O)=O)[C@@H](C)C(=O)NCC(C)C)c1. The van der Waals surface area contributed by atoms with Crippen LogP contribution in [-0.2, 0) is 26.2 Å². The number of carbonyl (C=O) groups excluding carboxylic acids is 2. The van der Waals surface area contributed by atoms with Crippen LogP contribution in [0.4, 0.5) is 5.69 Å². The molecule has 0 bridgehead atoms. The molecule has 0 aliphatic heterocycles. The number of nitrogens with one attached hydrogen (secondary N) is 1. The standard InChI is InChI=1S/C28H41N3O5S/c1-20(2)18-29-28(33)23(5)30(19-24-10-8-11-25(17-24)36-6)27(32)12-9-15-31(37(7,34)35)26-16-21(3)13-14-22(26)4/h8,10-11,13-14,16-17,20,23H,9,12,15,18-19H2,1-7H3,(H,29,33)/t23-/m0/s1. The van der Waals surface area contributed by atoms with Crippen LogP contribution in [0.3, 0.4) is 0 Å². The highest BCUT2D eigenvalue weighted by atomic mass is 32.2. The fourth-order valence-corrected chi connectivity index (χ4v) is 4.99. The van der Waals surface area contributed by atoms with E-state index in [1.54, 1.807) is 18.9 Å². The number of benzene rings is 2. The molecular formula is C28H41N3O5S. The quantitative estimate of drug-likeness (QED) is 0.421. The van der Waals surface area contributed by atoms with E-state index < -0.39 is 16.1 Å². The summed E-state index contributed by atoms with van der Waals surface area (Å²) in [4.78, 5) is 27.8. The molecule has 0 aliphatic carbocycles. The number of aryl methyl sites for hydroxylation is 2. The van der Waals surface area contributed by atoms with Crippen molar-refractivity contribution < 1.29 is 22.7 Å². The van der Waals surface area contributed by atoms with Crippen LogP contribution in [0, 0.1) is 19.8 Å². The van der Waals surface area contributed by atoms with Gasteiger partial charge in [-0.25, -0.2) is 8.42 Å². The second kappa shape index (κ2) is 13.5. The maximum absolute atomic E-state index is 13.4. The van der Waals surface area contributed by atoms with E-state index in [-0.39, 0.29) is 37.2 Å². The molecule has 0 unspecified atom stereocenters. The Balaban J connectivity index is 2.21. The molecule has 1 atom stereocenters. The summed E-state index contributed by atoms with van der Waals surface area (Å²) in [6.07, 6.45) is 1.59. The van der Waals surface area contributed by atoms with Crippen LogP contribution in [0.25, 0.3) is 0 Å². The van der Waals surface area contributed by atoms with E-state index in [1.807, 2.05) is 70.2 Å². The van der Waals surface area contributed by atoms with Crippen LogP contribution in [0.5, 0.6) is 5.75 Å². The van der Waals surface area contributed by atoms with Crippen LogP contribution in [0.15, 0.2) is 42.5 Å². The van der Waals surface area contributed by atoms with Gasteiger partial charge in [0.1, 0.15) is 11.8 Å². The first-order chi connectivity index (χ1) is 17.3. The molecule has 0 aromatic heterocycles. The van der Waals surface area contributed by atoms with Gasteiger partial charge in [-0.3, -0.25) is 13.9 Å². The van der Waals surface area contributed by atoms with E-state index in [1.165, 1.54) is 10.6 Å². The molecule has 0 saturated heterocycles. The third kappa shape index (κ3) is 9.07. The van der Waals surface area contributed by atoms with Gasteiger partial charge in [-0.05, 0) is 68.0 Å². The van der Waals surface area contributed by atoms with E-state index in [4.69, 9.17) is 4.74 Å². The van der Waals surface area contributed by atoms with Gasteiger partial charge < -0.3 is 15.0 Å². The van der Waals surface area contributed by atoms with Crippen molar-refractivity contribution in [2.75, 3.05) is 30.8 Å². The summed E-state index contributed by atoms with van der Waals surface area (Å²) in [7, 11) is -1.97. The summed E-state index contributed by atoms with van der Waals surface area (Å²) in [5.41, 5.74) is 3.25. The fourth-order valence-electron chi connectivity index (χ4n) is 3.97. The van der Waals surface area contributed by atoms with E-state index in [2.05, 4.69) is 5.32 Å². The molecule has 1 N–H and O–H groups in total. The van der Waals surface area contributed by atoms with Crippen molar-refractivity contribution in [2.45, 2.75) is 60.0 Å². The molecule has 0 spiro atoms. The lowest BCUT2D eigenvalue weighted by Crippen LogP contribution is -2.48. The highest BCUT2D eigenvalue weighted by molar-refractivity contribution is 7.92. The Bertz CT molecular complexity index is 1180. The van der Waals surface area contributed by atoms with Crippen LogP contribution in [0.2, 0.25) is 0 Å². The number of methoxy groups -OCH3 is 1. The molecule has 0 heterocycles. The number of hydrogen-bond acceptors (Lipinski definition) is 5. The minimum atomic E-state index is -3.55. The van der Waals surface area contributed by atoms with Gasteiger partial charge in [0.2, 0.25) is 21.8 Å². The Labute approximate surface area is 222 Å². The van der Waals surface area contributed by atoms with Crippen molar-refractivity contribution in [3.8, 4) is 5.75 Å². The number of nitrogens with zero attached hydrogens (tertiary/aromatic N) is 2. The van der Waals surface area contributed by atoms with Crippen LogP contribution >= 0.6 is 0 Å². The van der Waals surface area contributed by atoms with Gasteiger partial charge in [0, 0.05) is 26.1 Å². The summed E-state index contributed by atoms with van der Waals surface area (Å²) in [5, 5.41) is 2.91. The molecule has 8 nitrogen and oxygen atoms in total. The lowest BCUT2D eigenvalue weighted by atomic mass is 10.1. The second-order valence-electron chi connectivity index (χ2n) is 9.92. The highest BCUT2D eigenvalue weighted by Crippen LogP contribution is 2.25. The predicted octanol–water partition coefficient (Wildman–Crippen LogP) is 4.05. The summed E-state index contributed by atoms with van der Waals surface area (Å²) >= 11 is 0. The third-order valence-electron chi connectivity index (χ3n) is 6.12. The monoisotopic (exact) mass is 531 g/mol. The molecule has 9 heteroatoms. The summed E-state index contributed by atoms with van der Waals surface area (Å²) in [5.74, 6) is 0.507. The normalized spacial score (nSPS) is 12.2. The minimum Gasteiger partial charge on any atom is -0.497 e. The van der Waals surface area contributed by atoms with E-state index in [9.17, 15) is 18.0 Å². The first-order valence-corrected chi connectivity index (χ1v) is 14.4. The number of ether oxygens (including phenoxy) is 1. The summed E-state index contributed by atoms with van der Waals surface area (Å²) < 4.78 is 31.9. The topological polar surface area (TPSA) is 96.0 Å². The molecule has 0 fully saturated rings. The molecule has 204 valence electrons. The predicted molar refractivity (Wildman–Crippen MR) is 148 cm³/mol. The average molecular weight is 532 g/mol. The molecule has 0 radical (unpaired) electrons. The number of hydrogen-bond donors (Lipinski definition) is 1. The smallest absolute Gasteiger partial charge is 0.242 e. The molecule has 0 saturated carbocycles. The van der Waals surface area contributed by atoms with Crippen molar-refractivity contribution in [1.82, 2.24) is 10.2 Å². The van der Waals surface area contributed by atoms with Gasteiger partial charge in [0.05, 0.1) is 19.1 Å². The molecule has 2 aromatic rings. The Morgan fingerprint density at radius 3 is 2.38 bits per heavy atom. The van der Waals surface area contributed by atoms with E-state index in [0.717, 1.165) is 16.7 Å². The fraction of sp³-hybridized carbons (Fsp3) is 0.500. The molecule has 0 aliphatic rings. The van der Waals surface area contributed by atoms with Gasteiger partial charge >= 0.3 is 0 Å². The van der Waals surface area contributed by atoms with Crippen LogP contribution in [-0.4, -0.2) is 57.6 Å². The Kier molecular flexibility index (Phi) is 11.0. The largest absolute Gasteiger partial charge is 0.497 e. The third-order valence-corrected chi connectivity index (χ3v) is 7.30. The zero-order chi connectivity index (χ0) is 27.8. The van der Waals surface area contributed by atoms with Crippen molar-refractivity contribution in [2.24, 2.45) is 5.92 Å². The van der Waals surface area contributed by atoms with Gasteiger partial charge in [-0.15, -0.1) is 0 Å². The lowest BCUT2D eigenvalue weighted by Gasteiger charge is -2.30. The maximum atomic E-state index is 13.4. The Morgan fingerprint density at radius 1 is 1.05 bits per heavy atom. The molecule has 2 aromatic carbocycles. The van der Waals surface area contributed by atoms with Gasteiger partial charge in [-0.2, -0.15) is 0 Å². The van der Waals surface area contributed by atoms with Crippen molar-refractivity contribution in [3.63, 3.8) is 0 Å². The summed E-state index contributed by atoms with van der Waals surface area (Å²) in [6.45, 7) is 10.4. The van der Waals surface area contributed by atoms with Gasteiger partial charge in [0.25, 0.3) is 0 Å². The Morgan fingerprint density at radius 2 is 1.76 bits per heavy atom. The van der Waals surface area contributed by atoms with Gasteiger partial charge in [-0.1, -0.05) is 38.1 Å². The minimum absolute atomic E-state index is 0.0999. The molecule has 2 amide bonds. The Hall–Kier alpha value is -3.07. The van der Waals surface area contributed by atoms with Crippen LogP contribution < -0.4 is 14.4 Å². The number of anilines is 1. The zero-order valence-corrected chi connectivity index (χ0v) is 23.9. The lowest BCUT2D eigenvalue weighted by molar-refractivity contribution is -0.140. The van der Waals surface area contributed by atoms with Crippen molar-refractivity contribution in [3.05, 3.63) is 59.2 Å². The van der Waals surface area contributed by atoms with Gasteiger partial charge in [0.15, 0.2) is 0 Å². The average Bonchev–Trinajstić information content (AvgIpc) is 2.84. The molecular weight excluding hydrogens is 490 g/mol. The number of carbonyl (C=O) groups is 2. The summed E-state index contributed by atoms with van der Waals surface area (Å²) in [6, 6.07) is 12.4. The highest BCUT2D eigenvalue weighted by Gasteiger charge is 2.27.